The van der Waals surface area contributed by atoms with Crippen LogP contribution >= 0.6 is 11.6 Å². The van der Waals surface area contributed by atoms with Gasteiger partial charge in [0.15, 0.2) is 0 Å². The zero-order valence-corrected chi connectivity index (χ0v) is 10.8. The Morgan fingerprint density at radius 2 is 1.90 bits per heavy atom. The van der Waals surface area contributed by atoms with Gasteiger partial charge in [0.1, 0.15) is 11.0 Å². The van der Waals surface area contributed by atoms with E-state index in [2.05, 4.69) is 4.98 Å². The summed E-state index contributed by atoms with van der Waals surface area (Å²) < 4.78 is 51.3. The average Bonchev–Trinajstić information content (AvgIpc) is 2.38. The van der Waals surface area contributed by atoms with Gasteiger partial charge in [-0.1, -0.05) is 17.7 Å². The van der Waals surface area contributed by atoms with Crippen molar-refractivity contribution in [3.8, 4) is 11.1 Å². The summed E-state index contributed by atoms with van der Waals surface area (Å²) in [6, 6.07) is 3.21. The second-order valence-electron chi connectivity index (χ2n) is 4.05. The zero-order chi connectivity index (χ0) is 15.8. The molecular weight excluding hydrogens is 314 g/mol. The molecule has 0 atom stereocenters. The number of aromatic nitrogens is 1. The Morgan fingerprint density at radius 3 is 2.48 bits per heavy atom. The lowest BCUT2D eigenvalue weighted by molar-refractivity contribution is -0.139. The van der Waals surface area contributed by atoms with E-state index in [4.69, 9.17) is 16.7 Å². The molecule has 0 saturated carbocycles. The van der Waals surface area contributed by atoms with Crippen molar-refractivity contribution in [2.45, 2.75) is 6.18 Å². The van der Waals surface area contributed by atoms with Crippen LogP contribution < -0.4 is 0 Å². The van der Waals surface area contributed by atoms with Crippen molar-refractivity contribution in [2.75, 3.05) is 0 Å². The number of halogens is 5. The van der Waals surface area contributed by atoms with Crippen molar-refractivity contribution in [1.29, 1.82) is 0 Å². The number of carbonyl (C=O) groups is 1. The summed E-state index contributed by atoms with van der Waals surface area (Å²) in [5, 5.41) is 8.94. The Kier molecular flexibility index (Phi) is 3.87. The fourth-order valence-corrected chi connectivity index (χ4v) is 1.90. The highest BCUT2D eigenvalue weighted by atomic mass is 35.5. The molecule has 0 aliphatic carbocycles. The second kappa shape index (κ2) is 5.33. The number of aromatic carboxylic acids is 1. The normalized spacial score (nSPS) is 11.5. The van der Waals surface area contributed by atoms with E-state index in [9.17, 15) is 22.4 Å². The molecule has 0 radical (unpaired) electrons. The quantitative estimate of drug-likeness (QED) is 0.664. The molecule has 1 aromatic carbocycles. The van der Waals surface area contributed by atoms with Gasteiger partial charge < -0.3 is 5.11 Å². The number of carboxylic acid groups (broad SMARTS) is 1. The van der Waals surface area contributed by atoms with Crippen molar-refractivity contribution in [1.82, 2.24) is 4.98 Å². The molecule has 110 valence electrons. The van der Waals surface area contributed by atoms with E-state index in [1.807, 2.05) is 0 Å². The van der Waals surface area contributed by atoms with Crippen LogP contribution in [0.3, 0.4) is 0 Å². The molecule has 0 spiro atoms. The van der Waals surface area contributed by atoms with E-state index in [0.717, 1.165) is 18.3 Å². The maximum Gasteiger partial charge on any atom is 0.419 e. The summed E-state index contributed by atoms with van der Waals surface area (Å²) in [6.45, 7) is 0. The van der Waals surface area contributed by atoms with Gasteiger partial charge in [-0.15, -0.1) is 0 Å². The minimum absolute atomic E-state index is 0.0857. The fraction of sp³-hybridized carbons (Fsp3) is 0.0769. The van der Waals surface area contributed by atoms with Gasteiger partial charge in [-0.3, -0.25) is 0 Å². The first kappa shape index (κ1) is 15.2. The lowest BCUT2D eigenvalue weighted by Crippen LogP contribution is -2.08. The summed E-state index contributed by atoms with van der Waals surface area (Å²) in [5.74, 6) is -2.82. The molecule has 0 aliphatic rings. The van der Waals surface area contributed by atoms with Gasteiger partial charge in [0.05, 0.1) is 11.1 Å². The van der Waals surface area contributed by atoms with Crippen LogP contribution in [0.2, 0.25) is 5.15 Å². The number of pyridine rings is 1. The molecular formula is C13H6ClF4NO2. The predicted molar refractivity (Wildman–Crippen MR) is 66.6 cm³/mol. The van der Waals surface area contributed by atoms with E-state index in [-0.39, 0.29) is 21.8 Å². The van der Waals surface area contributed by atoms with Gasteiger partial charge in [0.2, 0.25) is 0 Å². The summed E-state index contributed by atoms with van der Waals surface area (Å²) in [7, 11) is 0. The van der Waals surface area contributed by atoms with Gasteiger partial charge in [0, 0.05) is 11.8 Å². The van der Waals surface area contributed by atoms with Crippen LogP contribution in [0.15, 0.2) is 30.5 Å². The largest absolute Gasteiger partial charge is 0.478 e. The molecule has 0 amide bonds. The number of carboxylic acids is 1. The lowest BCUT2D eigenvalue weighted by Gasteiger charge is -2.11. The molecule has 2 rings (SSSR count). The number of nitrogens with zero attached hydrogens (tertiary/aromatic N) is 1. The van der Waals surface area contributed by atoms with Crippen LogP contribution in [0, 0.1) is 5.82 Å². The van der Waals surface area contributed by atoms with Crippen molar-refractivity contribution < 1.29 is 27.5 Å². The third-order valence-electron chi connectivity index (χ3n) is 2.68. The molecule has 8 heteroatoms. The molecule has 0 bridgehead atoms. The Bertz CT molecular complexity index is 716. The molecule has 1 aromatic heterocycles. The predicted octanol–water partition coefficient (Wildman–Crippen LogP) is 4.26. The van der Waals surface area contributed by atoms with Crippen LogP contribution in [0.5, 0.6) is 0 Å². The highest BCUT2D eigenvalue weighted by molar-refractivity contribution is 6.29. The number of rotatable bonds is 2. The van der Waals surface area contributed by atoms with Crippen LogP contribution in [0.4, 0.5) is 17.6 Å². The van der Waals surface area contributed by atoms with Gasteiger partial charge in [-0.25, -0.2) is 14.2 Å². The van der Waals surface area contributed by atoms with Crippen molar-refractivity contribution in [2.24, 2.45) is 0 Å². The monoisotopic (exact) mass is 319 g/mol. The first-order valence-electron chi connectivity index (χ1n) is 5.46. The van der Waals surface area contributed by atoms with Crippen LogP contribution in [0.25, 0.3) is 11.1 Å². The Balaban J connectivity index is 2.66. The molecule has 1 N–H and O–H groups in total. The van der Waals surface area contributed by atoms with E-state index >= 15 is 0 Å². The molecule has 3 nitrogen and oxygen atoms in total. The first-order chi connectivity index (χ1) is 9.70. The molecule has 0 aliphatic heterocycles. The van der Waals surface area contributed by atoms with Gasteiger partial charge >= 0.3 is 12.1 Å². The highest BCUT2D eigenvalue weighted by Gasteiger charge is 2.34. The summed E-state index contributed by atoms with van der Waals surface area (Å²) in [6.07, 6.45) is -3.86. The molecule has 0 unspecified atom stereocenters. The first-order valence-corrected chi connectivity index (χ1v) is 5.84. The minimum Gasteiger partial charge on any atom is -0.478 e. The average molecular weight is 320 g/mol. The van der Waals surface area contributed by atoms with E-state index < -0.39 is 23.5 Å². The molecule has 1 heterocycles. The number of hydrogen-bond donors (Lipinski definition) is 1. The van der Waals surface area contributed by atoms with Gasteiger partial charge in [-0.2, -0.15) is 13.2 Å². The van der Waals surface area contributed by atoms with E-state index in [0.29, 0.717) is 12.1 Å². The smallest absolute Gasteiger partial charge is 0.419 e. The summed E-state index contributed by atoms with van der Waals surface area (Å²) in [5.41, 5.74) is -2.01. The number of alkyl halides is 3. The number of benzene rings is 1. The van der Waals surface area contributed by atoms with E-state index in [1.54, 1.807) is 0 Å². The molecule has 0 fully saturated rings. The van der Waals surface area contributed by atoms with Crippen molar-refractivity contribution in [3.05, 3.63) is 52.6 Å². The van der Waals surface area contributed by atoms with Gasteiger partial charge in [0.25, 0.3) is 0 Å². The van der Waals surface area contributed by atoms with Crippen LogP contribution in [-0.4, -0.2) is 16.1 Å². The Labute approximate surface area is 120 Å². The maximum atomic E-state index is 13.2. The SMILES string of the molecule is O=C(O)c1cc(Cl)ncc1-c1ccc(F)c(C(F)(F)F)c1. The molecule has 0 saturated heterocycles. The Morgan fingerprint density at radius 1 is 1.24 bits per heavy atom. The standard InChI is InChI=1S/C13H6ClF4NO2/c14-11-4-7(12(20)21)8(5-19-11)6-1-2-10(15)9(3-6)13(16,17)18/h1-5H,(H,20,21). The third-order valence-corrected chi connectivity index (χ3v) is 2.89. The maximum absolute atomic E-state index is 13.2. The van der Waals surface area contributed by atoms with Crippen LogP contribution in [0.1, 0.15) is 15.9 Å². The topological polar surface area (TPSA) is 50.2 Å². The lowest BCUT2D eigenvalue weighted by atomic mass is 9.99. The fourth-order valence-electron chi connectivity index (χ4n) is 1.75. The zero-order valence-electron chi connectivity index (χ0n) is 10.1. The van der Waals surface area contributed by atoms with Crippen LogP contribution in [-0.2, 0) is 6.18 Å². The Hall–Kier alpha value is -2.15. The number of hydrogen-bond acceptors (Lipinski definition) is 2. The second-order valence-corrected chi connectivity index (χ2v) is 4.44. The minimum atomic E-state index is -4.89. The third kappa shape index (κ3) is 3.13. The molecule has 21 heavy (non-hydrogen) atoms. The summed E-state index contributed by atoms with van der Waals surface area (Å²) >= 11 is 5.56. The summed E-state index contributed by atoms with van der Waals surface area (Å²) in [4.78, 5) is 14.8. The van der Waals surface area contributed by atoms with Crippen molar-refractivity contribution >= 4 is 17.6 Å². The van der Waals surface area contributed by atoms with Crippen molar-refractivity contribution in [3.63, 3.8) is 0 Å². The van der Waals surface area contributed by atoms with E-state index in [1.165, 1.54) is 0 Å². The molecule has 2 aromatic rings. The van der Waals surface area contributed by atoms with Gasteiger partial charge in [-0.05, 0) is 23.8 Å². The highest BCUT2D eigenvalue weighted by Crippen LogP contribution is 2.35.